The molecule has 0 bridgehead atoms. The van der Waals surface area contributed by atoms with Crippen molar-refractivity contribution in [2.45, 2.75) is 13.3 Å². The molecular weight excluding hydrogens is 422 g/mol. The molecule has 0 unspecified atom stereocenters. The number of anilines is 1. The number of benzene rings is 2. The molecule has 0 radical (unpaired) electrons. The third kappa shape index (κ3) is 3.81. The van der Waals surface area contributed by atoms with Crippen LogP contribution in [0.4, 0.5) is 5.69 Å². The Morgan fingerprint density at radius 1 is 1.16 bits per heavy atom. The second-order valence-corrected chi connectivity index (χ2v) is 9.19. The molecule has 1 aromatic heterocycles. The summed E-state index contributed by atoms with van der Waals surface area (Å²) in [5.41, 5.74) is 1.13. The molecule has 0 aliphatic carbocycles. The number of fused-ring (bicyclic) bond motifs is 2. The highest BCUT2D eigenvalue weighted by Crippen LogP contribution is 2.31. The average molecular weight is 441 g/mol. The topological polar surface area (TPSA) is 126 Å². The van der Waals surface area contributed by atoms with Crippen LogP contribution in [0.25, 0.3) is 10.8 Å². The predicted octanol–water partition coefficient (Wildman–Crippen LogP) is 1.67. The van der Waals surface area contributed by atoms with E-state index in [1.165, 1.54) is 10.4 Å². The van der Waals surface area contributed by atoms with Crippen LogP contribution >= 0.6 is 0 Å². The van der Waals surface area contributed by atoms with Gasteiger partial charge in [0.25, 0.3) is 5.56 Å². The molecule has 2 aromatic carbocycles. The van der Waals surface area contributed by atoms with Gasteiger partial charge in [-0.05, 0) is 43.2 Å². The minimum Gasteiger partial charge on any atom is -0.452 e. The van der Waals surface area contributed by atoms with E-state index >= 15 is 0 Å². The number of carbonyl (C=O) groups excluding carboxylic acids is 2. The molecule has 1 N–H and O–H groups in total. The number of aromatic nitrogens is 2. The van der Waals surface area contributed by atoms with Gasteiger partial charge in [-0.1, -0.05) is 18.2 Å². The van der Waals surface area contributed by atoms with Crippen molar-refractivity contribution in [3.05, 3.63) is 69.6 Å². The fourth-order valence-corrected chi connectivity index (χ4v) is 4.70. The van der Waals surface area contributed by atoms with Gasteiger partial charge in [-0.2, -0.15) is 5.10 Å². The zero-order chi connectivity index (χ0) is 22.2. The Bertz CT molecular complexity index is 1360. The second kappa shape index (κ2) is 7.95. The molecule has 4 rings (SSSR count). The van der Waals surface area contributed by atoms with E-state index in [0.29, 0.717) is 35.0 Å². The average Bonchev–Trinajstić information content (AvgIpc) is 3.22. The molecule has 0 atom stereocenters. The van der Waals surface area contributed by atoms with Crippen LogP contribution in [0.1, 0.15) is 33.3 Å². The van der Waals surface area contributed by atoms with Crippen molar-refractivity contribution in [2.24, 2.45) is 0 Å². The molecular formula is C21H19N3O6S. The van der Waals surface area contributed by atoms with Crippen molar-refractivity contribution in [2.75, 3.05) is 23.2 Å². The van der Waals surface area contributed by atoms with Crippen LogP contribution in [0.2, 0.25) is 0 Å². The lowest BCUT2D eigenvalue weighted by Crippen LogP contribution is -2.30. The number of nitrogens with one attached hydrogen (secondary N) is 1. The minimum absolute atomic E-state index is 0.00343. The molecule has 1 aliphatic rings. The van der Waals surface area contributed by atoms with Crippen molar-refractivity contribution in [3.8, 4) is 0 Å². The molecule has 10 heteroatoms. The van der Waals surface area contributed by atoms with Crippen LogP contribution in [-0.2, 0) is 21.2 Å². The van der Waals surface area contributed by atoms with Crippen LogP contribution in [0.3, 0.4) is 0 Å². The van der Waals surface area contributed by atoms with Gasteiger partial charge in [-0.15, -0.1) is 0 Å². The quantitative estimate of drug-likeness (QED) is 0.455. The normalized spacial score (nSPS) is 13.3. The Hall–Kier alpha value is -3.53. The summed E-state index contributed by atoms with van der Waals surface area (Å²) in [5.74, 6) is -1.26. The summed E-state index contributed by atoms with van der Waals surface area (Å²) in [6, 6.07) is 11.2. The molecule has 0 amide bonds. The third-order valence-electron chi connectivity index (χ3n) is 5.18. The maximum absolute atomic E-state index is 12.5. The van der Waals surface area contributed by atoms with Gasteiger partial charge in [0.1, 0.15) is 0 Å². The van der Waals surface area contributed by atoms with E-state index < -0.39 is 33.9 Å². The Morgan fingerprint density at radius 2 is 1.90 bits per heavy atom. The maximum Gasteiger partial charge on any atom is 0.359 e. The zero-order valence-corrected chi connectivity index (χ0v) is 17.4. The number of carbonyl (C=O) groups is 2. The highest BCUT2D eigenvalue weighted by Gasteiger charge is 2.28. The first kappa shape index (κ1) is 20.7. The number of ether oxygens (including phenoxy) is 1. The summed E-state index contributed by atoms with van der Waals surface area (Å²) in [6.07, 6.45) is 0.503. The molecule has 0 saturated heterocycles. The van der Waals surface area contributed by atoms with Gasteiger partial charge in [0.05, 0.1) is 16.8 Å². The summed E-state index contributed by atoms with van der Waals surface area (Å²) >= 11 is 0. The van der Waals surface area contributed by atoms with E-state index in [9.17, 15) is 22.8 Å². The largest absolute Gasteiger partial charge is 0.452 e. The first-order valence-electron chi connectivity index (χ1n) is 9.63. The standard InChI is InChI=1S/C21H19N3O6S/c1-2-31(28,29)24-10-9-13-11-14(7-8-17(13)24)18(25)12-30-21(27)19-15-5-3-4-6-16(15)20(26)23-22-19/h3-8,11H,2,9-10,12H2,1H3,(H,23,26). The molecule has 0 fully saturated rings. The SMILES string of the molecule is CCS(=O)(=O)N1CCc2cc(C(=O)COC(=O)c3n[nH]c(=O)c4ccccc34)ccc21. The number of sulfonamides is 1. The molecule has 1 aliphatic heterocycles. The van der Waals surface area contributed by atoms with Crippen LogP contribution in [0, 0.1) is 0 Å². The molecule has 0 saturated carbocycles. The summed E-state index contributed by atoms with van der Waals surface area (Å²) in [7, 11) is -3.37. The smallest absolute Gasteiger partial charge is 0.359 e. The van der Waals surface area contributed by atoms with Crippen molar-refractivity contribution < 1.29 is 22.7 Å². The van der Waals surface area contributed by atoms with Crippen molar-refractivity contribution in [3.63, 3.8) is 0 Å². The number of nitrogens with zero attached hydrogens (tertiary/aromatic N) is 2. The maximum atomic E-state index is 12.5. The monoisotopic (exact) mass is 441 g/mol. The number of H-pyrrole nitrogens is 1. The van der Waals surface area contributed by atoms with Crippen LogP contribution < -0.4 is 9.86 Å². The number of hydrogen-bond donors (Lipinski definition) is 1. The predicted molar refractivity (Wildman–Crippen MR) is 114 cm³/mol. The van der Waals surface area contributed by atoms with Gasteiger partial charge in [-0.3, -0.25) is 13.9 Å². The Labute approximate surface area is 177 Å². The van der Waals surface area contributed by atoms with E-state index in [2.05, 4.69) is 10.2 Å². The van der Waals surface area contributed by atoms with Gasteiger partial charge in [0.15, 0.2) is 18.1 Å². The number of ketones is 1. The number of Topliss-reactive ketones (excluding diaryl/α,β-unsaturated/α-hetero) is 1. The lowest BCUT2D eigenvalue weighted by molar-refractivity contribution is 0.0470. The van der Waals surface area contributed by atoms with E-state index in [1.54, 1.807) is 43.3 Å². The Kier molecular flexibility index (Phi) is 5.32. The number of hydrogen-bond acceptors (Lipinski definition) is 7. The summed E-state index contributed by atoms with van der Waals surface area (Å²) in [6.45, 7) is 1.41. The van der Waals surface area contributed by atoms with Crippen LogP contribution in [0.5, 0.6) is 0 Å². The first-order chi connectivity index (χ1) is 14.8. The van der Waals surface area contributed by atoms with Crippen molar-refractivity contribution >= 4 is 38.2 Å². The minimum atomic E-state index is -3.37. The molecule has 2 heterocycles. The number of esters is 1. The lowest BCUT2D eigenvalue weighted by Gasteiger charge is -2.18. The van der Waals surface area contributed by atoms with E-state index in [-0.39, 0.29) is 11.4 Å². The third-order valence-corrected chi connectivity index (χ3v) is 6.96. The first-order valence-corrected chi connectivity index (χ1v) is 11.2. The number of rotatable bonds is 6. The summed E-state index contributed by atoms with van der Waals surface area (Å²) in [4.78, 5) is 36.8. The van der Waals surface area contributed by atoms with E-state index in [0.717, 1.165) is 5.56 Å². The fourth-order valence-electron chi connectivity index (χ4n) is 3.54. The van der Waals surface area contributed by atoms with Crippen LogP contribution in [-0.4, -0.2) is 49.3 Å². The van der Waals surface area contributed by atoms with Gasteiger partial charge in [0, 0.05) is 17.5 Å². The van der Waals surface area contributed by atoms with Crippen LogP contribution in [0.15, 0.2) is 47.3 Å². The van der Waals surface area contributed by atoms with Gasteiger partial charge >= 0.3 is 5.97 Å². The molecule has 9 nitrogen and oxygen atoms in total. The lowest BCUT2D eigenvalue weighted by atomic mass is 10.1. The van der Waals surface area contributed by atoms with Crippen molar-refractivity contribution in [1.82, 2.24) is 10.2 Å². The zero-order valence-electron chi connectivity index (χ0n) is 16.6. The van der Waals surface area contributed by atoms with Crippen molar-refractivity contribution in [1.29, 1.82) is 0 Å². The fraction of sp³-hybridized carbons (Fsp3) is 0.238. The summed E-state index contributed by atoms with van der Waals surface area (Å²) in [5, 5.41) is 6.63. The molecule has 31 heavy (non-hydrogen) atoms. The van der Waals surface area contributed by atoms with Gasteiger partial charge in [-0.25, -0.2) is 18.3 Å². The van der Waals surface area contributed by atoms with Gasteiger partial charge in [0.2, 0.25) is 10.0 Å². The Balaban J connectivity index is 1.50. The summed E-state index contributed by atoms with van der Waals surface area (Å²) < 4.78 is 30.8. The van der Waals surface area contributed by atoms with E-state index in [1.807, 2.05) is 0 Å². The Morgan fingerprint density at radius 3 is 2.65 bits per heavy atom. The number of aromatic amines is 1. The molecule has 160 valence electrons. The second-order valence-electron chi connectivity index (χ2n) is 7.01. The highest BCUT2D eigenvalue weighted by molar-refractivity contribution is 7.92. The van der Waals surface area contributed by atoms with E-state index in [4.69, 9.17) is 4.74 Å². The highest BCUT2D eigenvalue weighted by atomic mass is 32.2. The van der Waals surface area contributed by atoms with Gasteiger partial charge < -0.3 is 4.74 Å². The molecule has 0 spiro atoms. The molecule has 3 aromatic rings.